The van der Waals surface area contributed by atoms with E-state index in [9.17, 15) is 18.3 Å². The Morgan fingerprint density at radius 1 is 1.08 bits per heavy atom. The van der Waals surface area contributed by atoms with Gasteiger partial charge < -0.3 is 20.1 Å². The number of benzene rings is 1. The molecule has 9 nitrogen and oxygen atoms in total. The molecule has 3 fully saturated rings. The molecule has 4 heterocycles. The maximum Gasteiger partial charge on any atom is 0.416 e. The van der Waals surface area contributed by atoms with E-state index in [0.717, 1.165) is 57.9 Å². The first-order valence-corrected chi connectivity index (χ1v) is 12.3. The maximum absolute atomic E-state index is 13.4. The van der Waals surface area contributed by atoms with Crippen LogP contribution in [0.3, 0.4) is 0 Å². The second-order valence-corrected chi connectivity index (χ2v) is 9.73. The van der Waals surface area contributed by atoms with Gasteiger partial charge >= 0.3 is 6.18 Å². The summed E-state index contributed by atoms with van der Waals surface area (Å²) in [7, 11) is 0. The zero-order chi connectivity index (χ0) is 24.9. The van der Waals surface area contributed by atoms with Gasteiger partial charge in [0.15, 0.2) is 5.65 Å². The first-order chi connectivity index (χ1) is 17.3. The molecule has 1 aromatic carbocycles. The molecule has 0 spiro atoms. The summed E-state index contributed by atoms with van der Waals surface area (Å²) in [6, 6.07) is 5.51. The van der Waals surface area contributed by atoms with E-state index in [1.165, 1.54) is 10.7 Å². The molecule has 2 saturated heterocycles. The third kappa shape index (κ3) is 4.48. The fourth-order valence-electron chi connectivity index (χ4n) is 5.27. The normalized spacial score (nSPS) is 23.8. The topological polar surface area (TPSA) is 91.6 Å². The van der Waals surface area contributed by atoms with Crippen molar-refractivity contribution in [1.29, 1.82) is 0 Å². The number of aromatic nitrogens is 4. The number of rotatable bonds is 5. The van der Waals surface area contributed by atoms with Crippen LogP contribution < -0.4 is 10.2 Å². The van der Waals surface area contributed by atoms with E-state index >= 15 is 0 Å². The third-order valence-electron chi connectivity index (χ3n) is 7.29. The highest BCUT2D eigenvalue weighted by molar-refractivity contribution is 5.89. The predicted octanol–water partition coefficient (Wildman–Crippen LogP) is 2.68. The van der Waals surface area contributed by atoms with Crippen LogP contribution in [0.2, 0.25) is 0 Å². The molecule has 3 aromatic rings. The highest BCUT2D eigenvalue weighted by atomic mass is 19.4. The van der Waals surface area contributed by atoms with E-state index in [-0.39, 0.29) is 17.8 Å². The minimum Gasteiger partial charge on any atom is -0.393 e. The Labute approximate surface area is 205 Å². The summed E-state index contributed by atoms with van der Waals surface area (Å²) < 4.78 is 47.0. The number of anilines is 2. The molecule has 1 saturated carbocycles. The van der Waals surface area contributed by atoms with Crippen molar-refractivity contribution in [3.63, 3.8) is 0 Å². The van der Waals surface area contributed by atoms with Crippen molar-refractivity contribution in [1.82, 2.24) is 24.6 Å². The molecular formula is C24H28F3N7O2. The summed E-state index contributed by atoms with van der Waals surface area (Å²) in [6.07, 6.45) is -1.08. The lowest BCUT2D eigenvalue weighted by molar-refractivity contribution is -0.137. The van der Waals surface area contributed by atoms with Crippen LogP contribution in [0.15, 0.2) is 30.5 Å². The molecule has 36 heavy (non-hydrogen) atoms. The van der Waals surface area contributed by atoms with Crippen LogP contribution in [-0.4, -0.2) is 87.3 Å². The van der Waals surface area contributed by atoms with Crippen molar-refractivity contribution >= 4 is 22.8 Å². The van der Waals surface area contributed by atoms with Crippen LogP contribution in [0.4, 0.5) is 24.9 Å². The van der Waals surface area contributed by atoms with Crippen molar-refractivity contribution in [2.45, 2.75) is 43.6 Å². The lowest BCUT2D eigenvalue weighted by Gasteiger charge is -2.47. The molecule has 0 radical (unpaired) electrons. The number of hydrogen-bond acceptors (Lipinski definition) is 8. The predicted molar refractivity (Wildman–Crippen MR) is 127 cm³/mol. The van der Waals surface area contributed by atoms with E-state index in [0.29, 0.717) is 41.7 Å². The molecule has 0 bridgehead atoms. The quantitative estimate of drug-likeness (QED) is 0.549. The minimum absolute atomic E-state index is 0.0349. The largest absolute Gasteiger partial charge is 0.416 e. The van der Waals surface area contributed by atoms with E-state index in [2.05, 4.69) is 25.2 Å². The number of aliphatic hydroxyl groups excluding tert-OH is 1. The first-order valence-electron chi connectivity index (χ1n) is 12.3. The van der Waals surface area contributed by atoms with Gasteiger partial charge in [0.1, 0.15) is 5.82 Å². The third-order valence-corrected chi connectivity index (χ3v) is 7.29. The van der Waals surface area contributed by atoms with Crippen molar-refractivity contribution in [3.8, 4) is 5.69 Å². The zero-order valence-corrected chi connectivity index (χ0v) is 19.7. The average Bonchev–Trinajstić information content (AvgIpc) is 3.44. The van der Waals surface area contributed by atoms with E-state index < -0.39 is 11.7 Å². The molecule has 192 valence electrons. The Kier molecular flexibility index (Phi) is 5.97. The van der Waals surface area contributed by atoms with Crippen molar-refractivity contribution < 1.29 is 23.0 Å². The lowest BCUT2D eigenvalue weighted by atomic mass is 10.1. The summed E-state index contributed by atoms with van der Waals surface area (Å²) in [5.74, 6) is 1.10. The maximum atomic E-state index is 13.4. The van der Waals surface area contributed by atoms with Gasteiger partial charge in [0.25, 0.3) is 0 Å². The molecule has 1 aliphatic carbocycles. The van der Waals surface area contributed by atoms with Gasteiger partial charge in [0, 0.05) is 38.3 Å². The standard InChI is InChI=1S/C24H28F3N7O2/c25-24(26,27)15-2-1-3-17(10-15)34-22-20(12-28-34)21(30-23(31-22)29-16-4-5-19(35)11-16)33-13-18(14-33)32-6-8-36-9-7-32/h1-3,10,12,16,18-19,35H,4-9,11,13-14H2,(H,29,30,31)/t16-,19-/m0/s1. The SMILES string of the molecule is O[C@H]1CC[C@H](Nc2nc(N3CC(N4CCOCC4)C3)c3cnn(-c4cccc(C(F)(F)F)c4)c3n2)C1. The Hall–Kier alpha value is -2.96. The molecule has 0 amide bonds. The van der Waals surface area contributed by atoms with Gasteiger partial charge in [-0.15, -0.1) is 0 Å². The Bertz CT molecular complexity index is 1240. The number of ether oxygens (including phenoxy) is 1. The first kappa shape index (κ1) is 23.4. The number of aliphatic hydroxyl groups is 1. The molecule has 2 atom stereocenters. The van der Waals surface area contributed by atoms with Crippen LogP contribution in [0, 0.1) is 0 Å². The number of nitrogens with zero attached hydrogens (tertiary/aromatic N) is 6. The lowest BCUT2D eigenvalue weighted by Crippen LogP contribution is -2.61. The molecule has 12 heteroatoms. The van der Waals surface area contributed by atoms with E-state index in [1.807, 2.05) is 0 Å². The summed E-state index contributed by atoms with van der Waals surface area (Å²) in [5, 5.41) is 18.4. The van der Waals surface area contributed by atoms with Crippen molar-refractivity contribution in [2.75, 3.05) is 49.6 Å². The molecule has 2 N–H and O–H groups in total. The van der Waals surface area contributed by atoms with Gasteiger partial charge in [-0.2, -0.15) is 28.2 Å². The van der Waals surface area contributed by atoms with Crippen LogP contribution in [0.25, 0.3) is 16.7 Å². The molecule has 2 aliphatic heterocycles. The van der Waals surface area contributed by atoms with Gasteiger partial charge in [-0.1, -0.05) is 6.07 Å². The summed E-state index contributed by atoms with van der Waals surface area (Å²) >= 11 is 0. The molecule has 3 aliphatic rings. The average molecular weight is 504 g/mol. The van der Waals surface area contributed by atoms with Gasteiger partial charge in [-0.3, -0.25) is 4.90 Å². The van der Waals surface area contributed by atoms with Crippen LogP contribution in [0.5, 0.6) is 0 Å². The highest BCUT2D eigenvalue weighted by Crippen LogP contribution is 2.34. The van der Waals surface area contributed by atoms with Gasteiger partial charge in [-0.05, 0) is 37.5 Å². The van der Waals surface area contributed by atoms with Gasteiger partial charge in [0.2, 0.25) is 5.95 Å². The summed E-state index contributed by atoms with van der Waals surface area (Å²) in [4.78, 5) is 14.0. The summed E-state index contributed by atoms with van der Waals surface area (Å²) in [5.41, 5.74) is -0.0241. The fraction of sp³-hybridized carbons (Fsp3) is 0.542. The van der Waals surface area contributed by atoms with Crippen LogP contribution in [-0.2, 0) is 10.9 Å². The van der Waals surface area contributed by atoms with Crippen molar-refractivity contribution in [2.24, 2.45) is 0 Å². The van der Waals surface area contributed by atoms with Gasteiger partial charge in [-0.25, -0.2) is 4.68 Å². The number of nitrogens with one attached hydrogen (secondary N) is 1. The number of alkyl halides is 3. The fourth-order valence-corrected chi connectivity index (χ4v) is 5.27. The Morgan fingerprint density at radius 2 is 1.89 bits per heavy atom. The second-order valence-electron chi connectivity index (χ2n) is 9.73. The number of fused-ring (bicyclic) bond motifs is 1. The smallest absolute Gasteiger partial charge is 0.393 e. The number of hydrogen-bond donors (Lipinski definition) is 2. The number of morpholine rings is 1. The minimum atomic E-state index is -4.46. The van der Waals surface area contributed by atoms with E-state index in [4.69, 9.17) is 9.72 Å². The van der Waals surface area contributed by atoms with Crippen molar-refractivity contribution in [3.05, 3.63) is 36.0 Å². The summed E-state index contributed by atoms with van der Waals surface area (Å²) in [6.45, 7) is 4.87. The molecule has 6 rings (SSSR count). The highest BCUT2D eigenvalue weighted by Gasteiger charge is 2.36. The Balaban J connectivity index is 1.35. The number of halogens is 3. The molecule has 2 aromatic heterocycles. The van der Waals surface area contributed by atoms with Crippen LogP contribution in [0.1, 0.15) is 24.8 Å². The molecular weight excluding hydrogens is 475 g/mol. The van der Waals surface area contributed by atoms with Crippen LogP contribution >= 0.6 is 0 Å². The molecule has 0 unspecified atom stereocenters. The Morgan fingerprint density at radius 3 is 2.61 bits per heavy atom. The monoisotopic (exact) mass is 503 g/mol. The second kappa shape index (κ2) is 9.16. The zero-order valence-electron chi connectivity index (χ0n) is 19.7. The van der Waals surface area contributed by atoms with Gasteiger partial charge in [0.05, 0.1) is 42.2 Å². The van der Waals surface area contributed by atoms with E-state index in [1.54, 1.807) is 12.3 Å².